The Kier molecular flexibility index (Phi) is 4.17. The molecule has 0 spiro atoms. The number of alkyl halides is 3. The van der Waals surface area contributed by atoms with Gasteiger partial charge in [0.1, 0.15) is 6.42 Å². The Morgan fingerprint density at radius 1 is 1.45 bits per heavy atom. The third kappa shape index (κ3) is 3.44. The molecule has 2 rings (SSSR count). The maximum Gasteiger partial charge on any atom is 0.416 e. The highest BCUT2D eigenvalue weighted by Crippen LogP contribution is 2.33. The molecule has 1 aromatic carbocycles. The molecule has 0 saturated heterocycles. The second kappa shape index (κ2) is 5.89. The predicted octanol–water partition coefficient (Wildman–Crippen LogP) is 3.05. The van der Waals surface area contributed by atoms with Crippen molar-refractivity contribution in [2.45, 2.75) is 19.5 Å². The van der Waals surface area contributed by atoms with Crippen LogP contribution < -0.4 is 5.32 Å². The molecule has 0 bridgehead atoms. The van der Waals surface area contributed by atoms with Gasteiger partial charge >= 0.3 is 6.18 Å². The molecule has 0 radical (unpaired) electrons. The van der Waals surface area contributed by atoms with E-state index in [-0.39, 0.29) is 11.4 Å². The van der Waals surface area contributed by atoms with Gasteiger partial charge in [-0.15, -0.1) is 0 Å². The van der Waals surface area contributed by atoms with Crippen LogP contribution in [-0.4, -0.2) is 15.7 Å². The van der Waals surface area contributed by atoms with Gasteiger partial charge in [-0.3, -0.25) is 4.79 Å². The number of nitriles is 1. The van der Waals surface area contributed by atoms with Crippen LogP contribution in [0.4, 0.5) is 18.9 Å². The van der Waals surface area contributed by atoms with Crippen LogP contribution in [0.25, 0.3) is 5.69 Å². The van der Waals surface area contributed by atoms with E-state index < -0.39 is 24.1 Å². The number of amides is 1. The Morgan fingerprint density at radius 2 is 2.18 bits per heavy atom. The fourth-order valence-electron chi connectivity index (χ4n) is 1.82. The molecule has 114 valence electrons. The van der Waals surface area contributed by atoms with Crippen LogP contribution in [-0.2, 0) is 11.0 Å². The van der Waals surface area contributed by atoms with Crippen LogP contribution in [0.3, 0.4) is 0 Å². The summed E-state index contributed by atoms with van der Waals surface area (Å²) in [5, 5.41) is 14.8. The largest absolute Gasteiger partial charge is 0.416 e. The summed E-state index contributed by atoms with van der Waals surface area (Å²) in [5.74, 6) is -0.688. The van der Waals surface area contributed by atoms with E-state index >= 15 is 0 Å². The van der Waals surface area contributed by atoms with E-state index in [0.29, 0.717) is 0 Å². The molecule has 0 unspecified atom stereocenters. The minimum atomic E-state index is -4.53. The predicted molar refractivity (Wildman–Crippen MR) is 72.2 cm³/mol. The summed E-state index contributed by atoms with van der Waals surface area (Å²) in [6.45, 7) is 1.78. The van der Waals surface area contributed by atoms with Crippen molar-refractivity contribution in [2.75, 3.05) is 5.32 Å². The molecule has 8 heteroatoms. The lowest BCUT2D eigenvalue weighted by molar-refractivity contribution is -0.137. The average molecular weight is 308 g/mol. The first-order chi connectivity index (χ1) is 10.3. The van der Waals surface area contributed by atoms with E-state index in [2.05, 4.69) is 10.4 Å². The molecule has 0 saturated carbocycles. The summed E-state index contributed by atoms with van der Waals surface area (Å²) in [6.07, 6.45) is -1.83. The molecule has 2 aromatic rings. The normalized spacial score (nSPS) is 11.0. The van der Waals surface area contributed by atoms with E-state index in [1.165, 1.54) is 10.7 Å². The van der Waals surface area contributed by atoms with Crippen molar-refractivity contribution in [2.24, 2.45) is 0 Å². The molecule has 1 N–H and O–H groups in total. The number of nitrogens with zero attached hydrogens (tertiary/aromatic N) is 3. The van der Waals surface area contributed by atoms with Crippen molar-refractivity contribution >= 4 is 11.6 Å². The van der Waals surface area contributed by atoms with Crippen molar-refractivity contribution in [3.05, 3.63) is 41.7 Å². The highest BCUT2D eigenvalue weighted by atomic mass is 19.4. The minimum absolute atomic E-state index is 0.0572. The van der Waals surface area contributed by atoms with Crippen molar-refractivity contribution in [1.82, 2.24) is 9.78 Å². The Morgan fingerprint density at radius 3 is 2.73 bits per heavy atom. The minimum Gasteiger partial charge on any atom is -0.323 e. The molecule has 5 nitrogen and oxygen atoms in total. The van der Waals surface area contributed by atoms with Crippen LogP contribution in [0.15, 0.2) is 30.6 Å². The van der Waals surface area contributed by atoms with Gasteiger partial charge in [0.15, 0.2) is 0 Å². The topological polar surface area (TPSA) is 70.7 Å². The molecule has 1 amide bonds. The number of benzene rings is 1. The van der Waals surface area contributed by atoms with Gasteiger partial charge in [-0.25, -0.2) is 4.68 Å². The molecular formula is C14H11F3N4O. The zero-order valence-electron chi connectivity index (χ0n) is 11.5. The van der Waals surface area contributed by atoms with Crippen LogP contribution in [0.5, 0.6) is 0 Å². The zero-order valence-corrected chi connectivity index (χ0v) is 11.5. The molecule has 0 aliphatic heterocycles. The Hall–Kier alpha value is -2.82. The van der Waals surface area contributed by atoms with Gasteiger partial charge in [-0.1, -0.05) is 0 Å². The highest BCUT2D eigenvalue weighted by molar-refractivity contribution is 5.94. The summed E-state index contributed by atoms with van der Waals surface area (Å²) >= 11 is 0. The van der Waals surface area contributed by atoms with E-state index in [4.69, 9.17) is 5.26 Å². The number of halogens is 3. The lowest BCUT2D eigenvalue weighted by atomic mass is 10.1. The van der Waals surface area contributed by atoms with E-state index in [1.807, 2.05) is 0 Å². The van der Waals surface area contributed by atoms with E-state index in [0.717, 1.165) is 17.7 Å². The van der Waals surface area contributed by atoms with E-state index in [9.17, 15) is 18.0 Å². The van der Waals surface area contributed by atoms with Crippen LogP contribution in [0.2, 0.25) is 0 Å². The van der Waals surface area contributed by atoms with E-state index in [1.54, 1.807) is 25.4 Å². The van der Waals surface area contributed by atoms with Gasteiger partial charge in [0.05, 0.1) is 29.2 Å². The zero-order chi connectivity index (χ0) is 16.3. The molecule has 0 aliphatic rings. The first kappa shape index (κ1) is 15.6. The fraction of sp³-hybridized carbons (Fsp3) is 0.214. The molecule has 0 aliphatic carbocycles. The summed E-state index contributed by atoms with van der Waals surface area (Å²) in [4.78, 5) is 11.5. The average Bonchev–Trinajstić information content (AvgIpc) is 2.84. The third-order valence-electron chi connectivity index (χ3n) is 2.80. The monoisotopic (exact) mass is 308 g/mol. The number of rotatable bonds is 3. The van der Waals surface area contributed by atoms with Gasteiger partial charge in [0.25, 0.3) is 0 Å². The van der Waals surface area contributed by atoms with Crippen LogP contribution in [0, 0.1) is 18.3 Å². The number of carbonyl (C=O) groups excluding carboxylic acids is 1. The molecule has 22 heavy (non-hydrogen) atoms. The SMILES string of the molecule is Cc1cnn(-c2ccc(C(F)(F)F)cc2NC(=O)CC#N)c1. The lowest BCUT2D eigenvalue weighted by Crippen LogP contribution is -2.14. The van der Waals surface area contributed by atoms with Gasteiger partial charge in [0, 0.05) is 6.20 Å². The number of carbonyl (C=O) groups is 1. The van der Waals surface area contributed by atoms with Gasteiger partial charge in [-0.2, -0.15) is 23.5 Å². The maximum absolute atomic E-state index is 12.8. The number of aryl methyl sites for hydroxylation is 1. The number of anilines is 1. The summed E-state index contributed by atoms with van der Waals surface area (Å²) in [5.41, 5.74) is 0.146. The number of nitrogens with one attached hydrogen (secondary N) is 1. The molecule has 0 fully saturated rings. The Labute approximate surface area is 124 Å². The van der Waals surface area contributed by atoms with Crippen molar-refractivity contribution < 1.29 is 18.0 Å². The van der Waals surface area contributed by atoms with Gasteiger partial charge in [0.2, 0.25) is 5.91 Å². The standard InChI is InChI=1S/C14H11F3N4O/c1-9-7-19-21(8-9)12-3-2-10(14(15,16)17)6-11(12)20-13(22)4-5-18/h2-3,6-8H,4H2,1H3,(H,20,22). The van der Waals surface area contributed by atoms with Crippen molar-refractivity contribution in [1.29, 1.82) is 5.26 Å². The highest BCUT2D eigenvalue weighted by Gasteiger charge is 2.31. The maximum atomic E-state index is 12.8. The smallest absolute Gasteiger partial charge is 0.323 e. The Balaban J connectivity index is 2.48. The number of hydrogen-bond donors (Lipinski definition) is 1. The number of aromatic nitrogens is 2. The fourth-order valence-corrected chi connectivity index (χ4v) is 1.82. The lowest BCUT2D eigenvalue weighted by Gasteiger charge is -2.14. The third-order valence-corrected chi connectivity index (χ3v) is 2.80. The van der Waals surface area contributed by atoms with Crippen molar-refractivity contribution in [3.8, 4) is 11.8 Å². The molecular weight excluding hydrogens is 297 g/mol. The quantitative estimate of drug-likeness (QED) is 0.947. The second-order valence-corrected chi connectivity index (χ2v) is 4.58. The van der Waals surface area contributed by atoms with Crippen molar-refractivity contribution in [3.63, 3.8) is 0 Å². The summed E-state index contributed by atoms with van der Waals surface area (Å²) in [6, 6.07) is 4.59. The first-order valence-corrected chi connectivity index (χ1v) is 6.21. The van der Waals surface area contributed by atoms with Crippen LogP contribution in [0.1, 0.15) is 17.5 Å². The molecule has 1 heterocycles. The molecule has 1 aromatic heterocycles. The first-order valence-electron chi connectivity index (χ1n) is 6.21. The van der Waals surface area contributed by atoms with Gasteiger partial charge in [-0.05, 0) is 30.7 Å². The molecule has 0 atom stereocenters. The van der Waals surface area contributed by atoms with Gasteiger partial charge < -0.3 is 5.32 Å². The second-order valence-electron chi connectivity index (χ2n) is 4.58. The summed E-state index contributed by atoms with van der Waals surface area (Å²) < 4.78 is 39.8. The Bertz CT molecular complexity index is 743. The number of hydrogen-bond acceptors (Lipinski definition) is 3. The van der Waals surface area contributed by atoms with Crippen LogP contribution >= 0.6 is 0 Å². The summed E-state index contributed by atoms with van der Waals surface area (Å²) in [7, 11) is 0.